The Morgan fingerprint density at radius 3 is 2.65 bits per heavy atom. The van der Waals surface area contributed by atoms with E-state index in [4.69, 9.17) is 5.73 Å². The third-order valence-electron chi connectivity index (χ3n) is 6.76. The van der Waals surface area contributed by atoms with Crippen molar-refractivity contribution in [2.45, 2.75) is 44.4 Å². The van der Waals surface area contributed by atoms with E-state index in [2.05, 4.69) is 25.3 Å². The van der Waals surface area contributed by atoms with Gasteiger partial charge in [0.15, 0.2) is 11.4 Å². The first-order valence-electron chi connectivity index (χ1n) is 11.0. The summed E-state index contributed by atoms with van der Waals surface area (Å²) in [6, 6.07) is 4.49. The molecule has 1 saturated carbocycles. The molecule has 0 bridgehead atoms. The molecule has 1 aliphatic carbocycles. The number of piperidine rings is 1. The molecule has 0 aromatic carbocycles. The minimum atomic E-state index is -4.59. The highest BCUT2D eigenvalue weighted by Gasteiger charge is 2.55. The number of amides is 1. The molecule has 5 rings (SSSR count). The highest BCUT2D eigenvalue weighted by atomic mass is 19.4. The molecule has 4 heterocycles. The molecule has 3 N–H and O–H groups in total. The van der Waals surface area contributed by atoms with Gasteiger partial charge in [0, 0.05) is 30.8 Å². The Hall–Kier alpha value is -3.50. The van der Waals surface area contributed by atoms with Gasteiger partial charge >= 0.3 is 6.18 Å². The second kappa shape index (κ2) is 7.78. The van der Waals surface area contributed by atoms with Crippen LogP contribution in [0.4, 0.5) is 13.2 Å². The average Bonchev–Trinajstić information content (AvgIpc) is 3.58. The number of fused-ring (bicyclic) bond motifs is 1. The van der Waals surface area contributed by atoms with Crippen LogP contribution < -0.4 is 11.1 Å². The first kappa shape index (κ1) is 22.3. The summed E-state index contributed by atoms with van der Waals surface area (Å²) in [6.45, 7) is 3.18. The van der Waals surface area contributed by atoms with Gasteiger partial charge in [-0.2, -0.15) is 13.2 Å². The minimum Gasteiger partial charge on any atom is -0.382 e. The van der Waals surface area contributed by atoms with Gasteiger partial charge in [-0.3, -0.25) is 4.79 Å². The smallest absolute Gasteiger partial charge is 0.382 e. The Balaban J connectivity index is 1.54. The van der Waals surface area contributed by atoms with Gasteiger partial charge in [-0.05, 0) is 56.7 Å². The number of hydrogen-bond donors (Lipinski definition) is 2. The molecular weight excluding hydrogens is 447 g/mol. The largest absolute Gasteiger partial charge is 0.416 e. The van der Waals surface area contributed by atoms with Crippen LogP contribution in [0.1, 0.15) is 35.9 Å². The number of carbonyl (C=O) groups is 1. The van der Waals surface area contributed by atoms with Crippen molar-refractivity contribution in [1.29, 1.82) is 0 Å². The first-order valence-corrected chi connectivity index (χ1v) is 11.0. The molecule has 0 spiro atoms. The van der Waals surface area contributed by atoms with Crippen LogP contribution in [0.25, 0.3) is 11.4 Å². The summed E-state index contributed by atoms with van der Waals surface area (Å²) >= 11 is 0. The normalized spacial score (nSPS) is 28.4. The standard InChI is InChI=1S/C23H24F3N7O/c1-12-4-5-15(20-28-6-3-7-29-20)17(31-12)21(34)33-10-14-8-13(14)9-16(33)18-19(27)30-11-22(2,32-18)23(24,25)26/h3-7,11,13-14,16,32H,8-10,27H2,1-2H3. The highest BCUT2D eigenvalue weighted by molar-refractivity contribution is 5.98. The zero-order chi connectivity index (χ0) is 24.3. The maximum atomic E-state index is 13.9. The quantitative estimate of drug-likeness (QED) is 0.713. The number of aryl methyl sites for hydroxylation is 1. The topological polar surface area (TPSA) is 109 Å². The number of likely N-dealkylation sites (tertiary alicyclic amines) is 1. The summed E-state index contributed by atoms with van der Waals surface area (Å²) in [5.41, 5.74) is 5.04. The lowest BCUT2D eigenvalue weighted by Gasteiger charge is -2.42. The van der Waals surface area contributed by atoms with Gasteiger partial charge < -0.3 is 16.0 Å². The number of hydrogen-bond acceptors (Lipinski definition) is 7. The van der Waals surface area contributed by atoms with Gasteiger partial charge in [0.25, 0.3) is 5.91 Å². The molecule has 4 atom stereocenters. The Morgan fingerprint density at radius 1 is 1.21 bits per heavy atom. The van der Waals surface area contributed by atoms with Crippen molar-refractivity contribution in [3.63, 3.8) is 0 Å². The molecule has 1 saturated heterocycles. The number of rotatable bonds is 3. The van der Waals surface area contributed by atoms with E-state index in [9.17, 15) is 18.0 Å². The van der Waals surface area contributed by atoms with Crippen LogP contribution in [0.15, 0.2) is 47.1 Å². The van der Waals surface area contributed by atoms with E-state index in [0.717, 1.165) is 19.6 Å². The molecule has 34 heavy (non-hydrogen) atoms. The van der Waals surface area contributed by atoms with E-state index in [0.29, 0.717) is 41.9 Å². The van der Waals surface area contributed by atoms with Crippen LogP contribution in [0.3, 0.4) is 0 Å². The SMILES string of the molecule is Cc1ccc(-c2ncccn2)c(C(=O)N2CC3CC3CC2C2=C(N)N=CC(C)(C(F)(F)F)N2)n1. The maximum Gasteiger partial charge on any atom is 0.416 e. The molecule has 4 unspecified atom stereocenters. The van der Waals surface area contributed by atoms with E-state index in [-0.39, 0.29) is 17.2 Å². The molecule has 178 valence electrons. The number of pyridine rings is 1. The van der Waals surface area contributed by atoms with Gasteiger partial charge in [-0.1, -0.05) is 0 Å². The van der Waals surface area contributed by atoms with E-state index < -0.39 is 23.7 Å². The number of nitrogens with zero attached hydrogens (tertiary/aromatic N) is 5. The van der Waals surface area contributed by atoms with Gasteiger partial charge in [0.05, 0.1) is 17.3 Å². The summed E-state index contributed by atoms with van der Waals surface area (Å²) in [5, 5.41) is 2.56. The van der Waals surface area contributed by atoms with Crippen molar-refractivity contribution in [2.24, 2.45) is 22.6 Å². The fourth-order valence-electron chi connectivity index (χ4n) is 4.63. The third kappa shape index (κ3) is 3.78. The van der Waals surface area contributed by atoms with Crippen molar-refractivity contribution in [2.75, 3.05) is 6.54 Å². The molecule has 1 amide bonds. The first-order chi connectivity index (χ1) is 16.1. The van der Waals surface area contributed by atoms with Crippen LogP contribution in [-0.2, 0) is 0 Å². The lowest BCUT2D eigenvalue weighted by Crippen LogP contribution is -2.61. The van der Waals surface area contributed by atoms with Crippen LogP contribution in [0, 0.1) is 18.8 Å². The fraction of sp³-hybridized carbons (Fsp3) is 0.435. The number of aliphatic imine (C=N–C) groups is 1. The van der Waals surface area contributed by atoms with Crippen molar-refractivity contribution in [3.05, 3.63) is 53.5 Å². The van der Waals surface area contributed by atoms with Crippen LogP contribution in [-0.4, -0.2) is 56.3 Å². The Kier molecular flexibility index (Phi) is 5.10. The number of carbonyl (C=O) groups excluding carboxylic acids is 1. The number of aromatic nitrogens is 3. The molecule has 2 aromatic heterocycles. The van der Waals surface area contributed by atoms with Crippen LogP contribution in [0.2, 0.25) is 0 Å². The van der Waals surface area contributed by atoms with Gasteiger partial charge in [-0.25, -0.2) is 19.9 Å². The lowest BCUT2D eigenvalue weighted by molar-refractivity contribution is -0.167. The summed E-state index contributed by atoms with van der Waals surface area (Å²) in [4.78, 5) is 32.3. The predicted molar refractivity (Wildman–Crippen MR) is 118 cm³/mol. The van der Waals surface area contributed by atoms with Crippen molar-refractivity contribution < 1.29 is 18.0 Å². The average molecular weight is 471 g/mol. The van der Waals surface area contributed by atoms with Gasteiger partial charge in [-0.15, -0.1) is 0 Å². The van der Waals surface area contributed by atoms with Crippen molar-refractivity contribution >= 4 is 12.1 Å². The molecule has 2 fully saturated rings. The monoisotopic (exact) mass is 471 g/mol. The maximum absolute atomic E-state index is 13.9. The molecule has 11 heteroatoms. The Morgan fingerprint density at radius 2 is 1.94 bits per heavy atom. The van der Waals surface area contributed by atoms with E-state index >= 15 is 0 Å². The van der Waals surface area contributed by atoms with Crippen molar-refractivity contribution in [1.82, 2.24) is 25.2 Å². The van der Waals surface area contributed by atoms with E-state index in [1.54, 1.807) is 42.4 Å². The zero-order valence-electron chi connectivity index (χ0n) is 18.7. The summed E-state index contributed by atoms with van der Waals surface area (Å²) < 4.78 is 41.3. The predicted octanol–water partition coefficient (Wildman–Crippen LogP) is 2.82. The van der Waals surface area contributed by atoms with Crippen molar-refractivity contribution in [3.8, 4) is 11.4 Å². The lowest BCUT2D eigenvalue weighted by atomic mass is 9.93. The number of nitrogens with two attached hydrogens (primary N) is 1. The Labute approximate surface area is 194 Å². The van der Waals surface area contributed by atoms with E-state index in [1.807, 2.05) is 0 Å². The number of alkyl halides is 3. The minimum absolute atomic E-state index is 0.0487. The molecule has 2 aromatic rings. The summed E-state index contributed by atoms with van der Waals surface area (Å²) in [7, 11) is 0. The molecule has 8 nitrogen and oxygen atoms in total. The number of halogens is 3. The molecule has 3 aliphatic rings. The Bertz CT molecular complexity index is 1200. The van der Waals surface area contributed by atoms with E-state index in [1.165, 1.54) is 0 Å². The zero-order valence-corrected chi connectivity index (χ0v) is 18.7. The summed E-state index contributed by atoms with van der Waals surface area (Å²) in [6.07, 6.45) is 0.748. The second-order valence-corrected chi connectivity index (χ2v) is 9.27. The molecule has 0 radical (unpaired) electrons. The van der Waals surface area contributed by atoms with Crippen LogP contribution in [0.5, 0.6) is 0 Å². The molecule has 2 aliphatic heterocycles. The third-order valence-corrected chi connectivity index (χ3v) is 6.76. The number of nitrogens with one attached hydrogen (secondary N) is 1. The fourth-order valence-corrected chi connectivity index (χ4v) is 4.63. The van der Waals surface area contributed by atoms with Crippen LogP contribution >= 0.6 is 0 Å². The van der Waals surface area contributed by atoms with Gasteiger partial charge in [0.2, 0.25) is 0 Å². The summed E-state index contributed by atoms with van der Waals surface area (Å²) in [5.74, 6) is 0.547. The molecular formula is C23H24F3N7O. The highest BCUT2D eigenvalue weighted by Crippen LogP contribution is 2.49. The second-order valence-electron chi connectivity index (χ2n) is 9.27. The van der Waals surface area contributed by atoms with Gasteiger partial charge in [0.1, 0.15) is 11.5 Å².